The van der Waals surface area contributed by atoms with Gasteiger partial charge in [-0.1, -0.05) is 11.8 Å². The third-order valence-corrected chi connectivity index (χ3v) is 8.30. The number of aliphatic carboxylic acids is 2. The number of hydrogen-bond donors (Lipinski definition) is 4. The van der Waals surface area contributed by atoms with Crippen LogP contribution in [0.25, 0.3) is 0 Å². The topological polar surface area (TPSA) is 203 Å². The van der Waals surface area contributed by atoms with E-state index in [1.807, 2.05) is 0 Å². The molecule has 33 heavy (non-hydrogen) atoms. The largest absolute Gasteiger partial charge is 0.480 e. The maximum Gasteiger partial charge on any atom is 0.352 e. The standard InChI is InChI=1S/C16H21N7O7S3/c1-22-15(19-20-21-22)33-4-7-3-32-14-16(30-2,13(29)23(14)10(7)12(27)28)18-9(24)6-31-5-8(17)11(25)26/h8,14H,3-6,17H2,1-2H3,(H,18,24)(H,25,26)(H,27,28)/t8-,14-,16-/m1/s1. The average Bonchev–Trinajstić information content (AvgIpc) is 3.19. The fraction of sp³-hybridized carbons (Fsp3) is 0.562. The van der Waals surface area contributed by atoms with E-state index in [4.69, 9.17) is 15.6 Å². The molecule has 0 aliphatic carbocycles. The molecular formula is C16H21N7O7S3. The molecular weight excluding hydrogens is 498 g/mol. The number of nitrogens with two attached hydrogens (primary N) is 1. The summed E-state index contributed by atoms with van der Waals surface area (Å²) in [5, 5.41) is 31.9. The summed E-state index contributed by atoms with van der Waals surface area (Å²) in [6, 6.07) is -1.12. The second kappa shape index (κ2) is 10.3. The van der Waals surface area contributed by atoms with E-state index < -0.39 is 40.9 Å². The molecule has 0 aromatic carbocycles. The van der Waals surface area contributed by atoms with E-state index in [1.165, 1.54) is 35.3 Å². The molecule has 3 rings (SSSR count). The molecule has 0 bridgehead atoms. The highest BCUT2D eigenvalue weighted by Gasteiger charge is 2.66. The summed E-state index contributed by atoms with van der Waals surface area (Å²) in [4.78, 5) is 49.3. The van der Waals surface area contributed by atoms with Crippen molar-refractivity contribution < 1.29 is 34.1 Å². The number of ether oxygens (including phenoxy) is 1. The molecule has 1 saturated heterocycles. The summed E-state index contributed by atoms with van der Waals surface area (Å²) in [6.45, 7) is 0. The van der Waals surface area contributed by atoms with Crippen LogP contribution >= 0.6 is 35.3 Å². The van der Waals surface area contributed by atoms with Gasteiger partial charge in [0.15, 0.2) is 0 Å². The number of methoxy groups -OCH3 is 1. The summed E-state index contributed by atoms with van der Waals surface area (Å²) in [6.07, 6.45) is 0. The van der Waals surface area contributed by atoms with Crippen LogP contribution in [0.15, 0.2) is 16.4 Å². The van der Waals surface area contributed by atoms with E-state index in [9.17, 15) is 24.3 Å². The molecule has 3 heterocycles. The number of thioether (sulfide) groups is 3. The van der Waals surface area contributed by atoms with E-state index in [0.29, 0.717) is 10.7 Å². The Morgan fingerprint density at radius 1 is 1.42 bits per heavy atom. The molecule has 1 aromatic rings. The Bertz CT molecular complexity index is 1000. The van der Waals surface area contributed by atoms with Gasteiger partial charge < -0.3 is 26.0 Å². The monoisotopic (exact) mass is 519 g/mol. The van der Waals surface area contributed by atoms with Crippen molar-refractivity contribution in [3.05, 3.63) is 11.3 Å². The molecule has 1 aromatic heterocycles. The maximum atomic E-state index is 13.0. The van der Waals surface area contributed by atoms with Crippen molar-refractivity contribution in [2.75, 3.05) is 30.1 Å². The zero-order valence-corrected chi connectivity index (χ0v) is 19.9. The number of aromatic nitrogens is 4. The Labute approximate surface area is 200 Å². The number of carboxylic acids is 2. The van der Waals surface area contributed by atoms with Crippen LogP contribution in [0.3, 0.4) is 0 Å². The number of nitrogens with one attached hydrogen (secondary N) is 1. The van der Waals surface area contributed by atoms with Crippen LogP contribution in [0.2, 0.25) is 0 Å². The number of hydrogen-bond acceptors (Lipinski definition) is 12. The number of carbonyl (C=O) groups excluding carboxylic acids is 2. The quantitative estimate of drug-likeness (QED) is 0.144. The first-order valence-corrected chi connectivity index (χ1v) is 12.5. The van der Waals surface area contributed by atoms with Crippen molar-refractivity contribution in [1.29, 1.82) is 0 Å². The maximum absolute atomic E-state index is 13.0. The first kappa shape index (κ1) is 25.3. The van der Waals surface area contributed by atoms with Crippen LogP contribution < -0.4 is 11.1 Å². The third kappa shape index (κ3) is 4.96. The lowest BCUT2D eigenvalue weighted by Crippen LogP contribution is -2.80. The molecule has 1 fully saturated rings. The van der Waals surface area contributed by atoms with E-state index >= 15 is 0 Å². The molecule has 0 radical (unpaired) electrons. The summed E-state index contributed by atoms with van der Waals surface area (Å²) >= 11 is 3.50. The highest BCUT2D eigenvalue weighted by molar-refractivity contribution is 8.01. The Hall–Kier alpha value is -2.34. The van der Waals surface area contributed by atoms with Gasteiger partial charge >= 0.3 is 11.9 Å². The number of carboxylic acid groups (broad SMARTS) is 2. The second-order valence-electron chi connectivity index (χ2n) is 6.92. The lowest BCUT2D eigenvalue weighted by molar-refractivity contribution is -0.192. The minimum absolute atomic E-state index is 0.00888. The number of nitrogens with zero attached hydrogens (tertiary/aromatic N) is 5. The Kier molecular flexibility index (Phi) is 7.88. The van der Waals surface area contributed by atoms with Crippen molar-refractivity contribution in [3.63, 3.8) is 0 Å². The van der Waals surface area contributed by atoms with Crippen LogP contribution in [0, 0.1) is 0 Å². The van der Waals surface area contributed by atoms with Crippen molar-refractivity contribution in [2.24, 2.45) is 12.8 Å². The van der Waals surface area contributed by atoms with Crippen LogP contribution in [0.4, 0.5) is 0 Å². The van der Waals surface area contributed by atoms with Crippen LogP contribution in [-0.4, -0.2) is 106 Å². The van der Waals surface area contributed by atoms with Gasteiger partial charge in [-0.05, 0) is 16.0 Å². The first-order chi connectivity index (χ1) is 15.6. The lowest BCUT2D eigenvalue weighted by atomic mass is 9.98. The number of tetrazole rings is 1. The smallest absolute Gasteiger partial charge is 0.352 e. The molecule has 2 amide bonds. The van der Waals surface area contributed by atoms with Gasteiger partial charge in [0.05, 0.1) is 5.75 Å². The minimum atomic E-state index is -1.72. The van der Waals surface area contributed by atoms with Crippen LogP contribution in [-0.2, 0) is 31.0 Å². The summed E-state index contributed by atoms with van der Waals surface area (Å²) < 4.78 is 6.82. The Balaban J connectivity index is 1.70. The number of β-lactam (4-membered cyclic amide) rings is 1. The van der Waals surface area contributed by atoms with Gasteiger partial charge in [0.25, 0.3) is 11.6 Å². The third-order valence-electron chi connectivity index (χ3n) is 4.76. The van der Waals surface area contributed by atoms with Crippen molar-refractivity contribution in [3.8, 4) is 0 Å². The van der Waals surface area contributed by atoms with Gasteiger partial charge in [-0.2, -0.15) is 0 Å². The SMILES string of the molecule is CO[C@]1(NC(=O)CSC[C@@H](N)C(=O)O)C(=O)N2C(C(=O)O)=C(CSc3nnnn3C)CS[C@@H]21. The molecule has 17 heteroatoms. The number of fused-ring (bicyclic) bond motifs is 1. The van der Waals surface area contributed by atoms with Gasteiger partial charge in [-0.3, -0.25) is 19.3 Å². The van der Waals surface area contributed by atoms with E-state index in [0.717, 1.165) is 16.7 Å². The summed E-state index contributed by atoms with van der Waals surface area (Å²) in [7, 11) is 2.91. The van der Waals surface area contributed by atoms with Crippen LogP contribution in [0.1, 0.15) is 0 Å². The lowest BCUT2D eigenvalue weighted by Gasteiger charge is -2.55. The molecule has 5 N–H and O–H groups in total. The van der Waals surface area contributed by atoms with Crippen molar-refractivity contribution >= 4 is 59.0 Å². The normalized spacial score (nSPS) is 23.1. The zero-order valence-electron chi connectivity index (χ0n) is 17.5. The summed E-state index contributed by atoms with van der Waals surface area (Å²) in [5.41, 5.74) is 4.05. The molecule has 0 unspecified atom stereocenters. The number of rotatable bonds is 11. The van der Waals surface area contributed by atoms with Crippen molar-refractivity contribution in [1.82, 2.24) is 30.4 Å². The second-order valence-corrected chi connectivity index (χ2v) is 9.96. The minimum Gasteiger partial charge on any atom is -0.480 e. The first-order valence-electron chi connectivity index (χ1n) is 9.30. The summed E-state index contributed by atoms with van der Waals surface area (Å²) in [5.74, 6) is -3.32. The highest BCUT2D eigenvalue weighted by atomic mass is 32.2. The van der Waals surface area contributed by atoms with E-state index in [1.54, 1.807) is 7.05 Å². The molecule has 2 aliphatic rings. The Morgan fingerprint density at radius 3 is 2.73 bits per heavy atom. The fourth-order valence-electron chi connectivity index (χ4n) is 3.14. The van der Waals surface area contributed by atoms with E-state index in [-0.39, 0.29) is 28.7 Å². The average molecular weight is 520 g/mol. The van der Waals surface area contributed by atoms with Crippen molar-refractivity contribution in [2.45, 2.75) is 22.3 Å². The number of amides is 2. The molecule has 2 aliphatic heterocycles. The predicted molar refractivity (Wildman–Crippen MR) is 118 cm³/mol. The van der Waals surface area contributed by atoms with Gasteiger partial charge in [0.1, 0.15) is 17.1 Å². The van der Waals surface area contributed by atoms with E-state index in [2.05, 4.69) is 20.8 Å². The molecule has 0 saturated carbocycles. The predicted octanol–water partition coefficient (Wildman–Crippen LogP) is -1.84. The molecule has 0 spiro atoms. The fourth-order valence-corrected chi connectivity index (χ4v) is 6.34. The molecule has 180 valence electrons. The van der Waals surface area contributed by atoms with Gasteiger partial charge in [-0.15, -0.1) is 28.6 Å². The van der Waals surface area contributed by atoms with Gasteiger partial charge in [0, 0.05) is 31.4 Å². The number of carbonyl (C=O) groups is 4. The zero-order chi connectivity index (χ0) is 24.3. The Morgan fingerprint density at radius 2 is 2.15 bits per heavy atom. The number of aryl methyl sites for hydroxylation is 1. The molecule has 14 nitrogen and oxygen atoms in total. The van der Waals surface area contributed by atoms with Gasteiger partial charge in [0.2, 0.25) is 11.1 Å². The molecule has 3 atom stereocenters. The van der Waals surface area contributed by atoms with Crippen LogP contribution in [0.5, 0.6) is 0 Å². The van der Waals surface area contributed by atoms with Gasteiger partial charge in [-0.25, -0.2) is 9.48 Å². The highest BCUT2D eigenvalue weighted by Crippen LogP contribution is 2.47.